The van der Waals surface area contributed by atoms with Crippen LogP contribution in [0.5, 0.6) is 0 Å². The molecule has 1 N–H and O–H groups in total. The molecule has 144 valence electrons. The van der Waals surface area contributed by atoms with Crippen LogP contribution in [0.15, 0.2) is 53.4 Å². The zero-order valence-corrected chi connectivity index (χ0v) is 18.3. The minimum absolute atomic E-state index is 0.134. The fourth-order valence-electron chi connectivity index (χ4n) is 3.07. The van der Waals surface area contributed by atoms with Crippen molar-refractivity contribution in [3.05, 3.63) is 62.7 Å². The second-order valence-corrected chi connectivity index (χ2v) is 10.0. The van der Waals surface area contributed by atoms with Gasteiger partial charge in [0.1, 0.15) is 6.04 Å². The molecular formula is C19H20ClIN2O3S. The van der Waals surface area contributed by atoms with Crippen molar-refractivity contribution in [1.29, 1.82) is 0 Å². The molecule has 1 heterocycles. The maximum atomic E-state index is 13.4. The molecule has 5 nitrogen and oxygen atoms in total. The van der Waals surface area contributed by atoms with Gasteiger partial charge in [-0.25, -0.2) is 8.42 Å². The molecule has 0 saturated carbocycles. The molecule has 27 heavy (non-hydrogen) atoms. The molecule has 2 aromatic carbocycles. The van der Waals surface area contributed by atoms with E-state index in [1.54, 1.807) is 12.1 Å². The number of nitrogens with one attached hydrogen (secondary N) is 1. The average molecular weight is 519 g/mol. The second kappa shape index (κ2) is 8.89. The summed E-state index contributed by atoms with van der Waals surface area (Å²) in [5.41, 5.74) is 0.838. The summed E-state index contributed by atoms with van der Waals surface area (Å²) in [5.74, 6) is -0.240. The average Bonchev–Trinajstić information content (AvgIpc) is 2.86. The molecular weight excluding hydrogens is 499 g/mol. The molecule has 1 saturated heterocycles. The molecule has 0 spiro atoms. The highest BCUT2D eigenvalue weighted by Gasteiger charge is 2.36. The Morgan fingerprint density at radius 2 is 1.74 bits per heavy atom. The van der Waals surface area contributed by atoms with E-state index in [4.69, 9.17) is 11.6 Å². The zero-order chi connectivity index (χ0) is 19.4. The lowest BCUT2D eigenvalue weighted by Crippen LogP contribution is -2.48. The second-order valence-electron chi connectivity index (χ2n) is 6.43. The standard InChI is InChI=1S/C19H20ClIN2O3S/c20-15-6-10-17(11-7-15)27(25,26)23(13-14-4-8-16(21)9-5-14)18-3-1-2-12-22-19(18)24/h4-11,18H,1-3,12-13H2,(H,22,24). The molecule has 0 radical (unpaired) electrons. The van der Waals surface area contributed by atoms with Gasteiger partial charge in [0.15, 0.2) is 0 Å². The lowest BCUT2D eigenvalue weighted by molar-refractivity contribution is -0.124. The first-order valence-corrected chi connectivity index (χ1v) is 11.6. The number of sulfonamides is 1. The molecule has 1 unspecified atom stereocenters. The van der Waals surface area contributed by atoms with Gasteiger partial charge in [-0.15, -0.1) is 0 Å². The third-order valence-electron chi connectivity index (χ3n) is 4.53. The summed E-state index contributed by atoms with van der Waals surface area (Å²) in [6, 6.07) is 13.0. The van der Waals surface area contributed by atoms with Gasteiger partial charge in [-0.1, -0.05) is 23.7 Å². The summed E-state index contributed by atoms with van der Waals surface area (Å²) in [7, 11) is -3.86. The van der Waals surface area contributed by atoms with Crippen molar-refractivity contribution >= 4 is 50.1 Å². The summed E-state index contributed by atoms with van der Waals surface area (Å²) in [4.78, 5) is 12.7. The van der Waals surface area contributed by atoms with Crippen LogP contribution in [0.4, 0.5) is 0 Å². The Hall–Kier alpha value is -1.16. The van der Waals surface area contributed by atoms with Gasteiger partial charge in [0.2, 0.25) is 15.9 Å². The molecule has 0 bridgehead atoms. The minimum atomic E-state index is -3.86. The van der Waals surface area contributed by atoms with Gasteiger partial charge in [0.05, 0.1) is 4.90 Å². The summed E-state index contributed by atoms with van der Waals surface area (Å²) >= 11 is 8.11. The van der Waals surface area contributed by atoms with E-state index in [0.29, 0.717) is 18.0 Å². The first-order chi connectivity index (χ1) is 12.9. The van der Waals surface area contributed by atoms with Crippen molar-refractivity contribution in [3.8, 4) is 0 Å². The van der Waals surface area contributed by atoms with Gasteiger partial charge in [-0.05, 0) is 83.8 Å². The number of carbonyl (C=O) groups is 1. The number of carbonyl (C=O) groups excluding carboxylic acids is 1. The Labute approximate surface area is 178 Å². The SMILES string of the molecule is O=C1NCCCCC1N(Cc1ccc(I)cc1)S(=O)(=O)c1ccc(Cl)cc1. The number of hydrogen-bond donors (Lipinski definition) is 1. The largest absolute Gasteiger partial charge is 0.355 e. The highest BCUT2D eigenvalue weighted by Crippen LogP contribution is 2.26. The number of halogens is 2. The topological polar surface area (TPSA) is 66.5 Å². The van der Waals surface area contributed by atoms with Gasteiger partial charge in [0.25, 0.3) is 0 Å². The highest BCUT2D eigenvalue weighted by molar-refractivity contribution is 14.1. The Kier molecular flexibility index (Phi) is 6.78. The summed E-state index contributed by atoms with van der Waals surface area (Å²) in [6.45, 7) is 0.716. The molecule has 1 atom stereocenters. The third-order valence-corrected chi connectivity index (χ3v) is 7.37. The lowest BCUT2D eigenvalue weighted by Gasteiger charge is -2.29. The van der Waals surface area contributed by atoms with Crippen LogP contribution >= 0.6 is 34.2 Å². The van der Waals surface area contributed by atoms with Crippen molar-refractivity contribution in [2.75, 3.05) is 6.54 Å². The van der Waals surface area contributed by atoms with E-state index >= 15 is 0 Å². The van der Waals surface area contributed by atoms with Crippen molar-refractivity contribution in [1.82, 2.24) is 9.62 Å². The molecule has 2 aromatic rings. The van der Waals surface area contributed by atoms with Crippen LogP contribution in [0.2, 0.25) is 5.02 Å². The highest BCUT2D eigenvalue weighted by atomic mass is 127. The van der Waals surface area contributed by atoms with Crippen LogP contribution in [-0.4, -0.2) is 31.2 Å². The van der Waals surface area contributed by atoms with E-state index in [1.165, 1.54) is 16.4 Å². The Morgan fingerprint density at radius 1 is 1.07 bits per heavy atom. The van der Waals surface area contributed by atoms with Crippen molar-refractivity contribution in [2.24, 2.45) is 0 Å². The molecule has 0 aliphatic carbocycles. The van der Waals surface area contributed by atoms with Crippen LogP contribution in [0.1, 0.15) is 24.8 Å². The number of rotatable bonds is 5. The van der Waals surface area contributed by atoms with Crippen LogP contribution < -0.4 is 5.32 Å². The van der Waals surface area contributed by atoms with Crippen molar-refractivity contribution in [3.63, 3.8) is 0 Å². The summed E-state index contributed by atoms with van der Waals surface area (Å²) in [6.07, 6.45) is 2.15. The molecule has 1 amide bonds. The molecule has 3 rings (SSSR count). The Bertz CT molecular complexity index is 902. The van der Waals surface area contributed by atoms with E-state index in [2.05, 4.69) is 27.9 Å². The predicted molar refractivity (Wildman–Crippen MR) is 114 cm³/mol. The molecule has 0 aromatic heterocycles. The predicted octanol–water partition coefficient (Wildman–Crippen LogP) is 3.80. The third kappa shape index (κ3) is 5.01. The van der Waals surface area contributed by atoms with Gasteiger partial charge < -0.3 is 5.32 Å². The van der Waals surface area contributed by atoms with Gasteiger partial charge >= 0.3 is 0 Å². The summed E-state index contributed by atoms with van der Waals surface area (Å²) in [5, 5.41) is 3.30. The van der Waals surface area contributed by atoms with Gasteiger partial charge in [-0.3, -0.25) is 4.79 Å². The Balaban J connectivity index is 2.01. The van der Waals surface area contributed by atoms with E-state index in [-0.39, 0.29) is 17.3 Å². The lowest BCUT2D eigenvalue weighted by atomic mass is 10.1. The fraction of sp³-hybridized carbons (Fsp3) is 0.316. The quantitative estimate of drug-likeness (QED) is 0.612. The molecule has 1 aliphatic heterocycles. The first-order valence-electron chi connectivity index (χ1n) is 8.67. The fourth-order valence-corrected chi connectivity index (χ4v) is 5.16. The van der Waals surface area contributed by atoms with Crippen molar-refractivity contribution < 1.29 is 13.2 Å². The molecule has 1 fully saturated rings. The first kappa shape index (κ1) is 20.6. The molecule has 8 heteroatoms. The van der Waals surface area contributed by atoms with E-state index in [1.807, 2.05) is 24.3 Å². The van der Waals surface area contributed by atoms with Crippen LogP contribution in [0, 0.1) is 3.57 Å². The van der Waals surface area contributed by atoms with E-state index in [9.17, 15) is 13.2 Å². The van der Waals surface area contributed by atoms with Crippen LogP contribution in [0.3, 0.4) is 0 Å². The van der Waals surface area contributed by atoms with Gasteiger partial charge in [-0.2, -0.15) is 4.31 Å². The minimum Gasteiger partial charge on any atom is -0.355 e. The maximum absolute atomic E-state index is 13.4. The van der Waals surface area contributed by atoms with E-state index < -0.39 is 16.1 Å². The van der Waals surface area contributed by atoms with Crippen LogP contribution in [-0.2, 0) is 21.4 Å². The Morgan fingerprint density at radius 3 is 2.41 bits per heavy atom. The number of benzene rings is 2. The monoisotopic (exact) mass is 518 g/mol. The molecule has 1 aliphatic rings. The van der Waals surface area contributed by atoms with Gasteiger partial charge in [0, 0.05) is 21.7 Å². The number of nitrogens with zero attached hydrogens (tertiary/aromatic N) is 1. The number of amides is 1. The normalized spacial score (nSPS) is 18.2. The van der Waals surface area contributed by atoms with E-state index in [0.717, 1.165) is 22.0 Å². The van der Waals surface area contributed by atoms with Crippen molar-refractivity contribution in [2.45, 2.75) is 36.7 Å². The number of hydrogen-bond acceptors (Lipinski definition) is 3. The smallest absolute Gasteiger partial charge is 0.244 e. The van der Waals surface area contributed by atoms with Crippen LogP contribution in [0.25, 0.3) is 0 Å². The summed E-state index contributed by atoms with van der Waals surface area (Å²) < 4.78 is 29.1. The maximum Gasteiger partial charge on any atom is 0.244 e. The zero-order valence-electron chi connectivity index (χ0n) is 14.6.